The molecular weight excluding hydrogens is 298 g/mol. The first kappa shape index (κ1) is 17.5. The third-order valence-corrected chi connectivity index (χ3v) is 5.64. The first-order chi connectivity index (χ1) is 11.5. The number of rotatable bonds is 5. The van der Waals surface area contributed by atoms with Crippen molar-refractivity contribution >= 4 is 5.91 Å². The highest BCUT2D eigenvalue weighted by molar-refractivity contribution is 5.76. The van der Waals surface area contributed by atoms with E-state index in [9.17, 15) is 4.79 Å². The number of ether oxygens (including phenoxy) is 1. The van der Waals surface area contributed by atoms with E-state index in [1.54, 1.807) is 0 Å². The molecule has 3 heteroatoms. The van der Waals surface area contributed by atoms with Crippen LogP contribution in [0.15, 0.2) is 30.3 Å². The van der Waals surface area contributed by atoms with Crippen molar-refractivity contribution in [3.63, 3.8) is 0 Å². The minimum atomic E-state index is -0.0610. The largest absolute Gasteiger partial charge is 0.376 e. The zero-order chi connectivity index (χ0) is 17.0. The Kier molecular flexibility index (Phi) is 5.60. The maximum absolute atomic E-state index is 12.7. The Labute approximate surface area is 146 Å². The number of likely N-dealkylation sites (tertiary alicyclic amines) is 1. The Balaban J connectivity index is 1.71. The van der Waals surface area contributed by atoms with Crippen molar-refractivity contribution in [3.8, 4) is 0 Å². The highest BCUT2D eigenvalue weighted by atomic mass is 16.5. The zero-order valence-corrected chi connectivity index (χ0v) is 15.2. The van der Waals surface area contributed by atoms with Gasteiger partial charge in [-0.2, -0.15) is 0 Å². The summed E-state index contributed by atoms with van der Waals surface area (Å²) in [7, 11) is 0. The lowest BCUT2D eigenvalue weighted by Gasteiger charge is -2.39. The van der Waals surface area contributed by atoms with Gasteiger partial charge in [-0.15, -0.1) is 0 Å². The number of amides is 1. The van der Waals surface area contributed by atoms with E-state index in [0.29, 0.717) is 24.2 Å². The van der Waals surface area contributed by atoms with Gasteiger partial charge in [0, 0.05) is 26.1 Å². The van der Waals surface area contributed by atoms with Gasteiger partial charge in [0.25, 0.3) is 0 Å². The number of nitrogens with zero attached hydrogens (tertiary/aromatic N) is 1. The van der Waals surface area contributed by atoms with Crippen molar-refractivity contribution < 1.29 is 9.53 Å². The maximum atomic E-state index is 12.7. The summed E-state index contributed by atoms with van der Waals surface area (Å²) < 4.78 is 5.91. The molecule has 2 aliphatic heterocycles. The number of hydrogen-bond acceptors (Lipinski definition) is 2. The van der Waals surface area contributed by atoms with Crippen LogP contribution in [-0.2, 0) is 16.0 Å². The van der Waals surface area contributed by atoms with Crippen LogP contribution in [0.4, 0.5) is 0 Å². The summed E-state index contributed by atoms with van der Waals surface area (Å²) in [5.41, 5.74) is 1.29. The van der Waals surface area contributed by atoms with E-state index < -0.39 is 0 Å². The molecule has 0 unspecified atom stereocenters. The van der Waals surface area contributed by atoms with E-state index in [1.807, 2.05) is 0 Å². The summed E-state index contributed by atoms with van der Waals surface area (Å²) >= 11 is 0. The molecule has 1 aromatic rings. The van der Waals surface area contributed by atoms with Gasteiger partial charge in [0.15, 0.2) is 0 Å². The summed E-state index contributed by atoms with van der Waals surface area (Å²) in [6, 6.07) is 10.6. The van der Waals surface area contributed by atoms with E-state index in [4.69, 9.17) is 4.74 Å². The Morgan fingerprint density at radius 1 is 1.25 bits per heavy atom. The van der Waals surface area contributed by atoms with E-state index >= 15 is 0 Å². The van der Waals surface area contributed by atoms with Crippen molar-refractivity contribution in [1.29, 1.82) is 0 Å². The average Bonchev–Trinajstić information content (AvgIpc) is 3.09. The molecule has 2 aliphatic rings. The van der Waals surface area contributed by atoms with Gasteiger partial charge in [-0.1, -0.05) is 30.3 Å². The first-order valence-electron chi connectivity index (χ1n) is 9.49. The molecule has 2 atom stereocenters. The normalized spacial score (nSPS) is 24.8. The van der Waals surface area contributed by atoms with Crippen LogP contribution in [0.2, 0.25) is 0 Å². The lowest BCUT2D eigenvalue weighted by atomic mass is 9.75. The maximum Gasteiger partial charge on any atom is 0.222 e. The molecule has 1 amide bonds. The van der Waals surface area contributed by atoms with Crippen molar-refractivity contribution in [1.82, 2.24) is 4.90 Å². The van der Waals surface area contributed by atoms with Gasteiger partial charge in [-0.05, 0) is 63.4 Å². The molecule has 3 nitrogen and oxygen atoms in total. The third kappa shape index (κ3) is 4.60. The molecule has 132 valence electrons. The molecule has 24 heavy (non-hydrogen) atoms. The topological polar surface area (TPSA) is 29.5 Å². The first-order valence-corrected chi connectivity index (χ1v) is 9.49. The predicted octanol–water partition coefficient (Wildman–Crippen LogP) is 4.06. The zero-order valence-electron chi connectivity index (χ0n) is 15.2. The smallest absolute Gasteiger partial charge is 0.222 e. The number of hydrogen-bond donors (Lipinski definition) is 0. The SMILES string of the molecule is CC1(C)C[C@H]([C@H](CC(=O)N2CCCC2)Cc2ccccc2)CCO1. The van der Waals surface area contributed by atoms with Crippen LogP contribution < -0.4 is 0 Å². The van der Waals surface area contributed by atoms with Crippen molar-refractivity contribution in [2.24, 2.45) is 11.8 Å². The standard InChI is InChI=1S/C21H31NO2/c1-21(2)16-18(10-13-24-21)19(14-17-8-4-3-5-9-17)15-20(23)22-11-6-7-12-22/h3-5,8-9,18-19H,6-7,10-16H2,1-2H3/t18-,19+/m1/s1. The van der Waals surface area contributed by atoms with Crippen LogP contribution >= 0.6 is 0 Å². The fourth-order valence-corrected chi connectivity index (χ4v) is 4.32. The molecule has 1 aromatic carbocycles. The molecular formula is C21H31NO2. The molecule has 2 saturated heterocycles. The number of benzene rings is 1. The molecule has 0 spiro atoms. The summed E-state index contributed by atoms with van der Waals surface area (Å²) in [6.07, 6.45) is 6.15. The van der Waals surface area contributed by atoms with Gasteiger partial charge in [0.1, 0.15) is 0 Å². The van der Waals surface area contributed by atoms with E-state index in [-0.39, 0.29) is 5.60 Å². The summed E-state index contributed by atoms with van der Waals surface area (Å²) in [5, 5.41) is 0. The van der Waals surface area contributed by atoms with Crippen LogP contribution in [-0.4, -0.2) is 36.1 Å². The molecule has 2 fully saturated rings. The molecule has 0 aromatic heterocycles. The molecule has 3 rings (SSSR count). The fourth-order valence-electron chi connectivity index (χ4n) is 4.32. The van der Waals surface area contributed by atoms with Crippen LogP contribution in [0.3, 0.4) is 0 Å². The van der Waals surface area contributed by atoms with Gasteiger partial charge in [0.05, 0.1) is 5.60 Å². The predicted molar refractivity (Wildman–Crippen MR) is 96.8 cm³/mol. The fraction of sp³-hybridized carbons (Fsp3) is 0.667. The van der Waals surface area contributed by atoms with Crippen LogP contribution in [0.5, 0.6) is 0 Å². The molecule has 0 N–H and O–H groups in total. The second-order valence-corrected chi connectivity index (χ2v) is 8.10. The monoisotopic (exact) mass is 329 g/mol. The third-order valence-electron chi connectivity index (χ3n) is 5.64. The molecule has 0 bridgehead atoms. The van der Waals surface area contributed by atoms with Gasteiger partial charge in [-0.3, -0.25) is 4.79 Å². The van der Waals surface area contributed by atoms with Gasteiger partial charge in [-0.25, -0.2) is 0 Å². The van der Waals surface area contributed by atoms with Crippen molar-refractivity contribution in [2.75, 3.05) is 19.7 Å². The highest BCUT2D eigenvalue weighted by Gasteiger charge is 2.35. The van der Waals surface area contributed by atoms with Crippen LogP contribution in [0.25, 0.3) is 0 Å². The Hall–Kier alpha value is -1.35. The minimum absolute atomic E-state index is 0.0610. The van der Waals surface area contributed by atoms with E-state index in [2.05, 4.69) is 49.1 Å². The summed E-state index contributed by atoms with van der Waals surface area (Å²) in [4.78, 5) is 14.8. The van der Waals surface area contributed by atoms with E-state index in [1.165, 1.54) is 18.4 Å². The van der Waals surface area contributed by atoms with Gasteiger partial charge >= 0.3 is 0 Å². The number of carbonyl (C=O) groups excluding carboxylic acids is 1. The van der Waals surface area contributed by atoms with Crippen molar-refractivity contribution in [3.05, 3.63) is 35.9 Å². The Morgan fingerprint density at radius 3 is 2.62 bits per heavy atom. The van der Waals surface area contributed by atoms with Crippen LogP contribution in [0.1, 0.15) is 51.5 Å². The quantitative estimate of drug-likeness (QED) is 0.815. The summed E-state index contributed by atoms with van der Waals surface area (Å²) in [6.45, 7) is 7.09. The highest BCUT2D eigenvalue weighted by Crippen LogP contribution is 2.36. The van der Waals surface area contributed by atoms with E-state index in [0.717, 1.165) is 39.0 Å². The van der Waals surface area contributed by atoms with Gasteiger partial charge in [0.2, 0.25) is 5.91 Å². The second-order valence-electron chi connectivity index (χ2n) is 8.10. The minimum Gasteiger partial charge on any atom is -0.376 e. The Morgan fingerprint density at radius 2 is 1.96 bits per heavy atom. The lowest BCUT2D eigenvalue weighted by molar-refractivity contribution is -0.133. The lowest BCUT2D eigenvalue weighted by Crippen LogP contribution is -2.39. The number of carbonyl (C=O) groups is 1. The molecule has 0 aliphatic carbocycles. The van der Waals surface area contributed by atoms with Gasteiger partial charge < -0.3 is 9.64 Å². The average molecular weight is 329 g/mol. The molecule has 0 saturated carbocycles. The second kappa shape index (κ2) is 7.69. The molecule has 0 radical (unpaired) electrons. The Bertz CT molecular complexity index is 534. The van der Waals surface area contributed by atoms with Crippen LogP contribution in [0, 0.1) is 11.8 Å². The summed E-state index contributed by atoms with van der Waals surface area (Å²) in [5.74, 6) is 1.35. The van der Waals surface area contributed by atoms with Crippen molar-refractivity contribution in [2.45, 2.75) is 58.0 Å². The molecule has 2 heterocycles.